The summed E-state index contributed by atoms with van der Waals surface area (Å²) >= 11 is 0. The Bertz CT molecular complexity index is 265. The number of primary amides is 1. The number of amides is 1. The van der Waals surface area contributed by atoms with Crippen LogP contribution in [0.3, 0.4) is 0 Å². The van der Waals surface area contributed by atoms with Crippen LogP contribution in [0, 0.1) is 6.92 Å². The molecule has 0 radical (unpaired) electrons. The molecule has 0 bridgehead atoms. The van der Waals surface area contributed by atoms with E-state index in [1.165, 1.54) is 4.68 Å². The molecule has 4 heteroatoms. The van der Waals surface area contributed by atoms with E-state index in [-0.39, 0.29) is 0 Å². The van der Waals surface area contributed by atoms with Crippen molar-refractivity contribution < 1.29 is 4.79 Å². The second-order valence-electron chi connectivity index (χ2n) is 2.16. The van der Waals surface area contributed by atoms with E-state index in [4.69, 9.17) is 5.73 Å². The van der Waals surface area contributed by atoms with Crippen LogP contribution in [0.1, 0.15) is 30.0 Å². The van der Waals surface area contributed by atoms with Crippen molar-refractivity contribution in [1.29, 1.82) is 0 Å². The molecule has 0 aliphatic rings. The molecule has 0 fully saturated rings. The van der Waals surface area contributed by atoms with Gasteiger partial charge in [-0.25, -0.2) is 0 Å². The van der Waals surface area contributed by atoms with Crippen LogP contribution in [0.5, 0.6) is 0 Å². The molecule has 0 saturated heterocycles. The first-order valence-corrected chi connectivity index (χ1v) is 3.91. The van der Waals surface area contributed by atoms with E-state index in [1.807, 2.05) is 20.8 Å². The van der Waals surface area contributed by atoms with Gasteiger partial charge in [0, 0.05) is 7.05 Å². The molecule has 1 aromatic heterocycles. The van der Waals surface area contributed by atoms with Crippen LogP contribution in [-0.4, -0.2) is 15.7 Å². The molecule has 0 aliphatic heterocycles. The number of nitrogens with two attached hydrogens (primary N) is 1. The summed E-state index contributed by atoms with van der Waals surface area (Å²) < 4.78 is 1.47. The van der Waals surface area contributed by atoms with Gasteiger partial charge in [-0.3, -0.25) is 9.48 Å². The van der Waals surface area contributed by atoms with Crippen LogP contribution in [0.2, 0.25) is 0 Å². The lowest BCUT2D eigenvalue weighted by atomic mass is 10.3. The van der Waals surface area contributed by atoms with Crippen molar-refractivity contribution in [3.8, 4) is 0 Å². The monoisotopic (exact) mass is 169 g/mol. The number of carbonyl (C=O) groups excluding carboxylic acids is 1. The molecule has 2 N–H and O–H groups in total. The summed E-state index contributed by atoms with van der Waals surface area (Å²) in [4.78, 5) is 10.6. The van der Waals surface area contributed by atoms with Crippen LogP contribution in [0.15, 0.2) is 6.07 Å². The molecule has 1 heterocycles. The standard InChI is InChI=1S/C6H9N3O.C2H6/c1-4-3-5(6(7)10)9(2)8-4;1-2/h3H,1-2H3,(H2,7,10);1-2H3. The lowest BCUT2D eigenvalue weighted by molar-refractivity contribution is 0.0991. The molecule has 1 rings (SSSR count). The lowest BCUT2D eigenvalue weighted by Gasteiger charge is -1.92. The fourth-order valence-electron chi connectivity index (χ4n) is 0.841. The number of rotatable bonds is 1. The number of hydrogen-bond donors (Lipinski definition) is 1. The first kappa shape index (κ1) is 10.7. The van der Waals surface area contributed by atoms with Crippen LogP contribution in [0.25, 0.3) is 0 Å². The fraction of sp³-hybridized carbons (Fsp3) is 0.500. The normalized spacial score (nSPS) is 8.67. The van der Waals surface area contributed by atoms with Gasteiger partial charge in [0.2, 0.25) is 0 Å². The topological polar surface area (TPSA) is 60.9 Å². The maximum atomic E-state index is 10.6. The van der Waals surface area contributed by atoms with Gasteiger partial charge in [0.05, 0.1) is 5.69 Å². The van der Waals surface area contributed by atoms with Crippen LogP contribution in [-0.2, 0) is 7.05 Å². The molecule has 0 saturated carbocycles. The molecule has 1 amide bonds. The van der Waals surface area contributed by atoms with Crippen molar-refractivity contribution in [1.82, 2.24) is 9.78 Å². The van der Waals surface area contributed by atoms with Crippen LogP contribution in [0.4, 0.5) is 0 Å². The van der Waals surface area contributed by atoms with Crippen molar-refractivity contribution in [2.45, 2.75) is 20.8 Å². The minimum Gasteiger partial charge on any atom is -0.364 e. The third-order valence-corrected chi connectivity index (χ3v) is 1.25. The van der Waals surface area contributed by atoms with Gasteiger partial charge < -0.3 is 5.73 Å². The predicted octanol–water partition coefficient (Wildman–Crippen LogP) is 0.854. The van der Waals surface area contributed by atoms with Gasteiger partial charge in [-0.1, -0.05) is 13.8 Å². The lowest BCUT2D eigenvalue weighted by Crippen LogP contribution is -2.15. The molecule has 0 aromatic carbocycles. The second-order valence-corrected chi connectivity index (χ2v) is 2.16. The molecule has 12 heavy (non-hydrogen) atoms. The second kappa shape index (κ2) is 4.54. The summed E-state index contributed by atoms with van der Waals surface area (Å²) in [6.45, 7) is 5.81. The van der Waals surface area contributed by atoms with Gasteiger partial charge in [0.1, 0.15) is 5.69 Å². The molecular weight excluding hydrogens is 154 g/mol. The number of aryl methyl sites for hydroxylation is 2. The Labute approximate surface area is 72.4 Å². The van der Waals surface area contributed by atoms with Gasteiger partial charge >= 0.3 is 0 Å². The number of hydrogen-bond acceptors (Lipinski definition) is 2. The Hall–Kier alpha value is -1.32. The Kier molecular flexibility index (Phi) is 4.04. The number of nitrogens with zero attached hydrogens (tertiary/aromatic N) is 2. The average molecular weight is 169 g/mol. The van der Waals surface area contributed by atoms with Crippen molar-refractivity contribution in [2.24, 2.45) is 12.8 Å². The minimum atomic E-state index is -0.442. The molecule has 4 nitrogen and oxygen atoms in total. The summed E-state index contributed by atoms with van der Waals surface area (Å²) in [6, 6.07) is 1.66. The maximum Gasteiger partial charge on any atom is 0.266 e. The molecule has 68 valence electrons. The molecule has 0 spiro atoms. The van der Waals surface area contributed by atoms with E-state index in [0.717, 1.165) is 5.69 Å². The van der Waals surface area contributed by atoms with E-state index < -0.39 is 5.91 Å². The van der Waals surface area contributed by atoms with Crippen molar-refractivity contribution in [3.63, 3.8) is 0 Å². The van der Waals surface area contributed by atoms with Crippen molar-refractivity contribution in [2.75, 3.05) is 0 Å². The summed E-state index contributed by atoms with van der Waals surface area (Å²) in [6.07, 6.45) is 0. The van der Waals surface area contributed by atoms with Crippen molar-refractivity contribution >= 4 is 5.91 Å². The molecule has 1 aromatic rings. The van der Waals surface area contributed by atoms with Crippen molar-refractivity contribution in [3.05, 3.63) is 17.5 Å². The Morgan fingerprint density at radius 3 is 2.25 bits per heavy atom. The van der Waals surface area contributed by atoms with E-state index in [0.29, 0.717) is 5.69 Å². The van der Waals surface area contributed by atoms with E-state index in [1.54, 1.807) is 13.1 Å². The minimum absolute atomic E-state index is 0.442. The van der Waals surface area contributed by atoms with E-state index in [2.05, 4.69) is 5.10 Å². The van der Waals surface area contributed by atoms with E-state index in [9.17, 15) is 4.79 Å². The predicted molar refractivity (Wildman–Crippen MR) is 47.8 cm³/mol. The van der Waals surface area contributed by atoms with Gasteiger partial charge in [-0.2, -0.15) is 5.10 Å². The highest BCUT2D eigenvalue weighted by Gasteiger charge is 2.05. The molecular formula is C8H15N3O. The average Bonchev–Trinajstić information content (AvgIpc) is 2.34. The number of carbonyl (C=O) groups is 1. The zero-order valence-corrected chi connectivity index (χ0v) is 7.96. The zero-order chi connectivity index (χ0) is 9.72. The summed E-state index contributed by atoms with van der Waals surface area (Å²) in [5.74, 6) is -0.442. The third-order valence-electron chi connectivity index (χ3n) is 1.25. The van der Waals surface area contributed by atoms with Gasteiger partial charge in [-0.05, 0) is 13.0 Å². The smallest absolute Gasteiger partial charge is 0.266 e. The van der Waals surface area contributed by atoms with Gasteiger partial charge in [0.15, 0.2) is 0 Å². The molecule has 0 atom stereocenters. The van der Waals surface area contributed by atoms with Crippen LogP contribution < -0.4 is 5.73 Å². The van der Waals surface area contributed by atoms with Gasteiger partial charge in [0.25, 0.3) is 5.91 Å². The highest BCUT2D eigenvalue weighted by Crippen LogP contribution is 1.99. The Morgan fingerprint density at radius 1 is 1.58 bits per heavy atom. The first-order valence-electron chi connectivity index (χ1n) is 3.91. The molecule has 0 aliphatic carbocycles. The summed E-state index contributed by atoms with van der Waals surface area (Å²) in [7, 11) is 1.69. The van der Waals surface area contributed by atoms with Crippen LogP contribution >= 0.6 is 0 Å². The quantitative estimate of drug-likeness (QED) is 0.677. The Morgan fingerprint density at radius 2 is 2.08 bits per heavy atom. The Balaban J connectivity index is 0.000000561. The van der Waals surface area contributed by atoms with Gasteiger partial charge in [-0.15, -0.1) is 0 Å². The third kappa shape index (κ3) is 2.38. The highest BCUT2D eigenvalue weighted by atomic mass is 16.1. The summed E-state index contributed by atoms with van der Waals surface area (Å²) in [5.41, 5.74) is 6.27. The SMILES string of the molecule is CC.Cc1cc(C(N)=O)n(C)n1. The summed E-state index contributed by atoms with van der Waals surface area (Å²) in [5, 5.41) is 3.95. The fourth-order valence-corrected chi connectivity index (χ4v) is 0.841. The van der Waals surface area contributed by atoms with E-state index >= 15 is 0 Å². The largest absolute Gasteiger partial charge is 0.364 e. The highest BCUT2D eigenvalue weighted by molar-refractivity contribution is 5.91. The number of aromatic nitrogens is 2. The first-order chi connectivity index (χ1) is 5.61. The molecule has 0 unspecified atom stereocenters. The zero-order valence-electron chi connectivity index (χ0n) is 7.96. The maximum absolute atomic E-state index is 10.6.